The number of benzene rings is 1. The number of halogens is 1. The van der Waals surface area contributed by atoms with E-state index in [0.29, 0.717) is 10.8 Å². The van der Waals surface area contributed by atoms with Gasteiger partial charge in [0.25, 0.3) is 5.91 Å². The average Bonchev–Trinajstić information content (AvgIpc) is 3.08. The van der Waals surface area contributed by atoms with Gasteiger partial charge in [0, 0.05) is 37.7 Å². The van der Waals surface area contributed by atoms with Crippen LogP contribution in [-0.2, 0) is 11.3 Å². The van der Waals surface area contributed by atoms with Crippen molar-refractivity contribution in [2.75, 3.05) is 32.8 Å². The molecule has 3 rings (SSSR count). The van der Waals surface area contributed by atoms with Gasteiger partial charge in [-0.25, -0.2) is 0 Å². The van der Waals surface area contributed by atoms with Crippen LogP contribution in [0.2, 0.25) is 5.02 Å². The highest BCUT2D eigenvalue weighted by molar-refractivity contribution is 7.07. The van der Waals surface area contributed by atoms with E-state index in [1.54, 1.807) is 35.6 Å². The zero-order valence-corrected chi connectivity index (χ0v) is 14.4. The zero-order chi connectivity index (χ0) is 16.1. The van der Waals surface area contributed by atoms with Crippen LogP contribution < -0.4 is 4.74 Å². The van der Waals surface area contributed by atoms with E-state index in [0.717, 1.165) is 32.7 Å². The molecule has 0 bridgehead atoms. The van der Waals surface area contributed by atoms with Crippen molar-refractivity contribution in [3.8, 4) is 5.75 Å². The van der Waals surface area contributed by atoms with Crippen LogP contribution in [0.25, 0.3) is 0 Å². The van der Waals surface area contributed by atoms with E-state index in [1.807, 2.05) is 4.90 Å². The topological polar surface area (TPSA) is 32.8 Å². The van der Waals surface area contributed by atoms with E-state index in [2.05, 4.69) is 21.7 Å². The zero-order valence-electron chi connectivity index (χ0n) is 12.8. The van der Waals surface area contributed by atoms with E-state index in [9.17, 15) is 4.79 Å². The number of rotatable bonds is 5. The summed E-state index contributed by atoms with van der Waals surface area (Å²) < 4.78 is 5.53. The highest BCUT2D eigenvalue weighted by Gasteiger charge is 2.21. The fraction of sp³-hybridized carbons (Fsp3) is 0.353. The summed E-state index contributed by atoms with van der Waals surface area (Å²) in [4.78, 5) is 16.5. The maximum atomic E-state index is 12.2. The molecule has 23 heavy (non-hydrogen) atoms. The van der Waals surface area contributed by atoms with E-state index >= 15 is 0 Å². The lowest BCUT2D eigenvalue weighted by atomic mass is 10.2. The maximum Gasteiger partial charge on any atom is 0.260 e. The monoisotopic (exact) mass is 350 g/mol. The number of carbonyl (C=O) groups excluding carboxylic acids is 1. The van der Waals surface area contributed by atoms with Gasteiger partial charge in [-0.05, 0) is 46.7 Å². The number of amides is 1. The van der Waals surface area contributed by atoms with Crippen molar-refractivity contribution in [3.05, 3.63) is 51.7 Å². The number of piperazine rings is 1. The first-order valence-corrected chi connectivity index (χ1v) is 8.92. The summed E-state index contributed by atoms with van der Waals surface area (Å²) in [6.45, 7) is 4.37. The Morgan fingerprint density at radius 3 is 2.52 bits per heavy atom. The second-order valence-corrected chi connectivity index (χ2v) is 6.75. The molecule has 1 saturated heterocycles. The molecule has 1 fully saturated rings. The summed E-state index contributed by atoms with van der Waals surface area (Å²) in [6, 6.07) is 9.21. The van der Waals surface area contributed by atoms with Gasteiger partial charge >= 0.3 is 0 Å². The van der Waals surface area contributed by atoms with Crippen LogP contribution in [-0.4, -0.2) is 48.5 Å². The quantitative estimate of drug-likeness (QED) is 0.830. The summed E-state index contributed by atoms with van der Waals surface area (Å²) in [6.07, 6.45) is 0. The normalized spacial score (nSPS) is 15.6. The molecule has 2 heterocycles. The summed E-state index contributed by atoms with van der Waals surface area (Å²) in [5.41, 5.74) is 1.35. The van der Waals surface area contributed by atoms with Crippen LogP contribution in [0, 0.1) is 0 Å². The van der Waals surface area contributed by atoms with E-state index in [1.165, 1.54) is 5.56 Å². The first-order chi connectivity index (χ1) is 11.2. The van der Waals surface area contributed by atoms with Gasteiger partial charge in [-0.3, -0.25) is 9.69 Å². The molecular formula is C17H19ClN2O2S. The van der Waals surface area contributed by atoms with E-state index < -0.39 is 0 Å². The van der Waals surface area contributed by atoms with Crippen LogP contribution in [0.15, 0.2) is 41.1 Å². The minimum atomic E-state index is 0.0372. The van der Waals surface area contributed by atoms with Crippen molar-refractivity contribution in [2.45, 2.75) is 6.54 Å². The van der Waals surface area contributed by atoms with Crippen molar-refractivity contribution in [3.63, 3.8) is 0 Å². The number of hydrogen-bond acceptors (Lipinski definition) is 4. The van der Waals surface area contributed by atoms with Crippen molar-refractivity contribution in [2.24, 2.45) is 0 Å². The van der Waals surface area contributed by atoms with Crippen molar-refractivity contribution in [1.29, 1.82) is 0 Å². The molecule has 0 spiro atoms. The molecule has 0 N–H and O–H groups in total. The SMILES string of the molecule is O=C(COc1ccc(Cl)cc1)N1CCN(Cc2ccsc2)CC1. The Labute approximate surface area is 145 Å². The molecular weight excluding hydrogens is 332 g/mol. The molecule has 1 aliphatic heterocycles. The predicted octanol–water partition coefficient (Wildman–Crippen LogP) is 3.12. The van der Waals surface area contributed by atoms with Gasteiger partial charge in [0.1, 0.15) is 5.75 Å². The lowest BCUT2D eigenvalue weighted by Crippen LogP contribution is -2.49. The van der Waals surface area contributed by atoms with Gasteiger partial charge in [-0.15, -0.1) is 0 Å². The molecule has 1 aromatic carbocycles. The lowest BCUT2D eigenvalue weighted by Gasteiger charge is -2.34. The van der Waals surface area contributed by atoms with Gasteiger partial charge < -0.3 is 9.64 Å². The van der Waals surface area contributed by atoms with Crippen LogP contribution in [0.4, 0.5) is 0 Å². The molecule has 2 aromatic rings. The molecule has 1 amide bonds. The van der Waals surface area contributed by atoms with Gasteiger partial charge in [0.05, 0.1) is 0 Å². The first-order valence-electron chi connectivity index (χ1n) is 7.60. The number of carbonyl (C=O) groups is 1. The Balaban J connectivity index is 1.42. The predicted molar refractivity (Wildman–Crippen MR) is 93.1 cm³/mol. The summed E-state index contributed by atoms with van der Waals surface area (Å²) in [7, 11) is 0. The smallest absolute Gasteiger partial charge is 0.260 e. The molecule has 0 saturated carbocycles. The third-order valence-electron chi connectivity index (χ3n) is 3.89. The highest BCUT2D eigenvalue weighted by Crippen LogP contribution is 2.16. The van der Waals surface area contributed by atoms with E-state index in [4.69, 9.17) is 16.3 Å². The van der Waals surface area contributed by atoms with Crippen LogP contribution >= 0.6 is 22.9 Å². The summed E-state index contributed by atoms with van der Waals surface area (Å²) >= 11 is 7.55. The fourth-order valence-corrected chi connectivity index (χ4v) is 3.35. The Morgan fingerprint density at radius 1 is 1.13 bits per heavy atom. The highest BCUT2D eigenvalue weighted by atomic mass is 35.5. The largest absolute Gasteiger partial charge is 0.484 e. The third-order valence-corrected chi connectivity index (χ3v) is 4.87. The molecule has 122 valence electrons. The number of hydrogen-bond donors (Lipinski definition) is 0. The second kappa shape index (κ2) is 7.81. The average molecular weight is 351 g/mol. The minimum Gasteiger partial charge on any atom is -0.484 e. The van der Waals surface area contributed by atoms with Crippen LogP contribution in [0.5, 0.6) is 5.75 Å². The van der Waals surface area contributed by atoms with Crippen molar-refractivity contribution < 1.29 is 9.53 Å². The number of thiophene rings is 1. The minimum absolute atomic E-state index is 0.0372. The summed E-state index contributed by atoms with van der Waals surface area (Å²) in [5.74, 6) is 0.703. The van der Waals surface area contributed by atoms with Crippen molar-refractivity contribution >= 4 is 28.8 Å². The summed E-state index contributed by atoms with van der Waals surface area (Å²) in [5, 5.41) is 4.94. The third kappa shape index (κ3) is 4.70. The maximum absolute atomic E-state index is 12.2. The Hall–Kier alpha value is -1.56. The Morgan fingerprint density at radius 2 is 1.87 bits per heavy atom. The van der Waals surface area contributed by atoms with Crippen molar-refractivity contribution in [1.82, 2.24) is 9.80 Å². The molecule has 0 atom stereocenters. The Kier molecular flexibility index (Phi) is 5.54. The molecule has 0 unspecified atom stereocenters. The lowest BCUT2D eigenvalue weighted by molar-refractivity contribution is -0.135. The second-order valence-electron chi connectivity index (χ2n) is 5.53. The van der Waals surface area contributed by atoms with E-state index in [-0.39, 0.29) is 12.5 Å². The van der Waals surface area contributed by atoms with Crippen LogP contribution in [0.1, 0.15) is 5.56 Å². The molecule has 1 aromatic heterocycles. The van der Waals surface area contributed by atoms with Gasteiger partial charge in [0.15, 0.2) is 6.61 Å². The number of ether oxygens (including phenoxy) is 1. The van der Waals surface area contributed by atoms with Gasteiger partial charge in [0.2, 0.25) is 0 Å². The molecule has 1 aliphatic rings. The van der Waals surface area contributed by atoms with Crippen LogP contribution in [0.3, 0.4) is 0 Å². The molecule has 0 aliphatic carbocycles. The fourth-order valence-electron chi connectivity index (χ4n) is 2.56. The molecule has 6 heteroatoms. The first kappa shape index (κ1) is 16.3. The van der Waals surface area contributed by atoms with Gasteiger partial charge in [-0.2, -0.15) is 11.3 Å². The van der Waals surface area contributed by atoms with Gasteiger partial charge in [-0.1, -0.05) is 11.6 Å². The number of nitrogens with zero attached hydrogens (tertiary/aromatic N) is 2. The Bertz CT molecular complexity index is 623. The molecule has 0 radical (unpaired) electrons. The standard InChI is InChI=1S/C17H19ClN2O2S/c18-15-1-3-16(4-2-15)22-12-17(21)20-8-6-19(7-9-20)11-14-5-10-23-13-14/h1-5,10,13H,6-9,11-12H2. The molecule has 4 nitrogen and oxygen atoms in total.